The number of nitrogens with one attached hydrogen (secondary N) is 1. The zero-order chi connectivity index (χ0) is 20.3. The van der Waals surface area contributed by atoms with Gasteiger partial charge in [-0.2, -0.15) is 0 Å². The Bertz CT molecular complexity index is 917. The second-order valence-corrected chi connectivity index (χ2v) is 7.44. The molecule has 1 heterocycles. The molecule has 8 heteroatoms. The number of nitrogens with zero attached hydrogens (tertiary/aromatic N) is 1. The van der Waals surface area contributed by atoms with Gasteiger partial charge in [0.1, 0.15) is 5.82 Å². The van der Waals surface area contributed by atoms with E-state index in [2.05, 4.69) is 21.2 Å². The fraction of sp³-hybridized carbons (Fsp3) is 0.250. The third kappa shape index (κ3) is 4.75. The molecular weight excluding hydrogens is 431 g/mol. The van der Waals surface area contributed by atoms with Crippen LogP contribution in [0.25, 0.3) is 0 Å². The van der Waals surface area contributed by atoms with Gasteiger partial charge in [0.05, 0.1) is 11.6 Å². The molecule has 0 spiro atoms. The molecule has 0 bridgehead atoms. The monoisotopic (exact) mass is 448 g/mol. The van der Waals surface area contributed by atoms with Crippen molar-refractivity contribution in [2.24, 2.45) is 5.92 Å². The number of amides is 2. The molecule has 146 valence electrons. The highest BCUT2D eigenvalue weighted by Crippen LogP contribution is 2.26. The van der Waals surface area contributed by atoms with Gasteiger partial charge in [-0.15, -0.1) is 0 Å². The molecule has 2 aromatic rings. The first kappa shape index (κ1) is 20.0. The number of hydrogen-bond acceptors (Lipinski definition) is 4. The Morgan fingerprint density at radius 2 is 1.96 bits per heavy atom. The van der Waals surface area contributed by atoms with E-state index in [4.69, 9.17) is 4.74 Å². The number of rotatable bonds is 5. The molecule has 1 saturated heterocycles. The van der Waals surface area contributed by atoms with Crippen molar-refractivity contribution in [1.82, 2.24) is 0 Å². The molecule has 1 atom stereocenters. The molecule has 6 nitrogen and oxygen atoms in total. The van der Waals surface area contributed by atoms with Gasteiger partial charge >= 0.3 is 5.97 Å². The molecule has 3 rings (SSSR count). The summed E-state index contributed by atoms with van der Waals surface area (Å²) in [5, 5.41) is 2.34. The summed E-state index contributed by atoms with van der Waals surface area (Å²) in [5.41, 5.74) is 1.78. The van der Waals surface area contributed by atoms with Gasteiger partial charge in [0.25, 0.3) is 5.91 Å². The summed E-state index contributed by atoms with van der Waals surface area (Å²) in [5.74, 6) is -2.72. The van der Waals surface area contributed by atoms with Gasteiger partial charge in [-0.1, -0.05) is 33.6 Å². The molecule has 0 aromatic heterocycles. The van der Waals surface area contributed by atoms with Crippen LogP contribution in [-0.2, 0) is 19.1 Å². The highest BCUT2D eigenvalue weighted by Gasteiger charge is 2.36. The van der Waals surface area contributed by atoms with Crippen LogP contribution in [0.3, 0.4) is 0 Å². The average molecular weight is 449 g/mol. The van der Waals surface area contributed by atoms with E-state index in [0.717, 1.165) is 5.56 Å². The Morgan fingerprint density at radius 1 is 1.25 bits per heavy atom. The number of carbonyl (C=O) groups is 3. The van der Waals surface area contributed by atoms with Gasteiger partial charge < -0.3 is 15.0 Å². The number of carbonyl (C=O) groups excluding carboxylic acids is 3. The Morgan fingerprint density at radius 3 is 2.64 bits per heavy atom. The minimum atomic E-state index is -0.658. The molecule has 1 unspecified atom stereocenters. The van der Waals surface area contributed by atoms with E-state index in [9.17, 15) is 18.8 Å². The zero-order valence-corrected chi connectivity index (χ0v) is 16.7. The number of aryl methyl sites for hydroxylation is 1. The summed E-state index contributed by atoms with van der Waals surface area (Å²) in [7, 11) is 0. The van der Waals surface area contributed by atoms with Crippen molar-refractivity contribution in [3.63, 3.8) is 0 Å². The molecule has 2 aromatic carbocycles. The van der Waals surface area contributed by atoms with E-state index in [1.54, 1.807) is 6.07 Å². The molecule has 2 amide bonds. The fourth-order valence-electron chi connectivity index (χ4n) is 2.87. The van der Waals surface area contributed by atoms with E-state index in [1.807, 2.05) is 31.2 Å². The molecule has 1 aliphatic rings. The van der Waals surface area contributed by atoms with Crippen LogP contribution in [0.1, 0.15) is 12.0 Å². The van der Waals surface area contributed by atoms with Gasteiger partial charge in [-0.3, -0.25) is 14.4 Å². The topological polar surface area (TPSA) is 75.7 Å². The molecular formula is C20H18BrFN2O4. The summed E-state index contributed by atoms with van der Waals surface area (Å²) >= 11 is 3.13. The molecule has 1 N–H and O–H groups in total. The number of hydrogen-bond donors (Lipinski definition) is 1. The van der Waals surface area contributed by atoms with E-state index >= 15 is 0 Å². The van der Waals surface area contributed by atoms with Crippen LogP contribution in [0.5, 0.6) is 0 Å². The second-order valence-electron chi connectivity index (χ2n) is 6.52. The molecule has 0 radical (unpaired) electrons. The zero-order valence-electron chi connectivity index (χ0n) is 15.1. The number of esters is 1. The first-order valence-electron chi connectivity index (χ1n) is 8.62. The standard InChI is InChI=1S/C20H18BrFN2O4/c1-12-2-5-15(6-3-12)24-10-13(8-19(24)26)20(27)28-11-18(25)23-17-7-4-14(21)9-16(17)22/h2-7,9,13H,8,10-11H2,1H3,(H,23,25). The van der Waals surface area contributed by atoms with Gasteiger partial charge in [0.2, 0.25) is 5.91 Å². The number of benzene rings is 2. The van der Waals surface area contributed by atoms with Crippen LogP contribution >= 0.6 is 15.9 Å². The first-order chi connectivity index (χ1) is 13.3. The van der Waals surface area contributed by atoms with Crippen LogP contribution in [0.15, 0.2) is 46.9 Å². The van der Waals surface area contributed by atoms with Crippen molar-refractivity contribution < 1.29 is 23.5 Å². The van der Waals surface area contributed by atoms with Crippen molar-refractivity contribution in [1.29, 1.82) is 0 Å². The third-order valence-electron chi connectivity index (χ3n) is 4.35. The lowest BCUT2D eigenvalue weighted by Gasteiger charge is -2.16. The maximum Gasteiger partial charge on any atom is 0.311 e. The van der Waals surface area contributed by atoms with E-state index in [1.165, 1.54) is 17.0 Å². The smallest absolute Gasteiger partial charge is 0.311 e. The largest absolute Gasteiger partial charge is 0.455 e. The quantitative estimate of drug-likeness (QED) is 0.710. The predicted molar refractivity (Wildman–Crippen MR) is 105 cm³/mol. The maximum absolute atomic E-state index is 13.7. The summed E-state index contributed by atoms with van der Waals surface area (Å²) in [6, 6.07) is 11.6. The molecule has 28 heavy (non-hydrogen) atoms. The first-order valence-corrected chi connectivity index (χ1v) is 9.41. The fourth-order valence-corrected chi connectivity index (χ4v) is 3.20. The van der Waals surface area contributed by atoms with Crippen LogP contribution in [0, 0.1) is 18.7 Å². The van der Waals surface area contributed by atoms with Crippen LogP contribution in [-0.4, -0.2) is 30.9 Å². The highest BCUT2D eigenvalue weighted by atomic mass is 79.9. The summed E-state index contributed by atoms with van der Waals surface area (Å²) < 4.78 is 19.3. The van der Waals surface area contributed by atoms with E-state index in [-0.39, 0.29) is 24.6 Å². The van der Waals surface area contributed by atoms with E-state index < -0.39 is 30.2 Å². The van der Waals surface area contributed by atoms with Gasteiger partial charge in [0.15, 0.2) is 6.61 Å². The van der Waals surface area contributed by atoms with Crippen LogP contribution in [0.4, 0.5) is 15.8 Å². The number of anilines is 2. The normalized spacial score (nSPS) is 16.2. The molecule has 0 saturated carbocycles. The highest BCUT2D eigenvalue weighted by molar-refractivity contribution is 9.10. The maximum atomic E-state index is 13.7. The Kier molecular flexibility index (Phi) is 6.08. The minimum Gasteiger partial charge on any atom is -0.455 e. The van der Waals surface area contributed by atoms with Crippen LogP contribution in [0.2, 0.25) is 0 Å². The Labute approximate surface area is 169 Å². The summed E-state index contributed by atoms with van der Waals surface area (Å²) in [4.78, 5) is 37.9. The molecule has 1 fully saturated rings. The van der Waals surface area contributed by atoms with Gasteiger partial charge in [-0.25, -0.2) is 4.39 Å². The van der Waals surface area contributed by atoms with Crippen molar-refractivity contribution in [3.05, 3.63) is 58.3 Å². The number of halogens is 2. The van der Waals surface area contributed by atoms with Gasteiger partial charge in [-0.05, 0) is 37.3 Å². The second kappa shape index (κ2) is 8.52. The van der Waals surface area contributed by atoms with E-state index in [0.29, 0.717) is 10.2 Å². The lowest BCUT2D eigenvalue weighted by molar-refractivity contribution is -0.151. The predicted octanol–water partition coefficient (Wildman–Crippen LogP) is 3.43. The minimum absolute atomic E-state index is 0.00848. The lowest BCUT2D eigenvalue weighted by Crippen LogP contribution is -2.28. The van der Waals surface area contributed by atoms with Crippen molar-refractivity contribution in [3.8, 4) is 0 Å². The molecule has 0 aliphatic carbocycles. The average Bonchev–Trinajstić information content (AvgIpc) is 3.04. The van der Waals surface area contributed by atoms with Crippen LogP contribution < -0.4 is 10.2 Å². The summed E-state index contributed by atoms with van der Waals surface area (Å²) in [6.45, 7) is 1.59. The SMILES string of the molecule is Cc1ccc(N2CC(C(=O)OCC(=O)Nc3ccc(Br)cc3F)CC2=O)cc1. The Balaban J connectivity index is 1.53. The van der Waals surface area contributed by atoms with Crippen molar-refractivity contribution in [2.45, 2.75) is 13.3 Å². The third-order valence-corrected chi connectivity index (χ3v) is 4.85. The van der Waals surface area contributed by atoms with Gasteiger partial charge in [0, 0.05) is 23.1 Å². The number of ether oxygens (including phenoxy) is 1. The van der Waals surface area contributed by atoms with Crippen molar-refractivity contribution in [2.75, 3.05) is 23.4 Å². The van der Waals surface area contributed by atoms with Crippen molar-refractivity contribution >= 4 is 45.1 Å². The lowest BCUT2D eigenvalue weighted by atomic mass is 10.1. The Hall–Kier alpha value is -2.74. The summed E-state index contributed by atoms with van der Waals surface area (Å²) in [6.07, 6.45) is 0.0235. The molecule has 1 aliphatic heterocycles.